The number of ether oxygens (including phenoxy) is 1. The fourth-order valence-corrected chi connectivity index (χ4v) is 1.67. The Hall–Kier alpha value is -0.650. The predicted octanol–water partition coefficient (Wildman–Crippen LogP) is 1.98. The zero-order valence-corrected chi connectivity index (χ0v) is 9.92. The molecule has 0 aromatic heterocycles. The van der Waals surface area contributed by atoms with Gasteiger partial charge in [-0.05, 0) is 28.4 Å². The molecular formula is C10H13BrFNO2. The normalized spacial score (nSPS) is 12.6. The number of aliphatic hydroxyl groups excluding tert-OH is 1. The molecule has 1 aromatic rings. The molecule has 3 N–H and O–H groups in total. The SMILES string of the molecule is COc1cc(F)c(Br)cc1C(N)CCO. The average molecular weight is 278 g/mol. The van der Waals surface area contributed by atoms with Crippen molar-refractivity contribution in [2.45, 2.75) is 12.5 Å². The van der Waals surface area contributed by atoms with Crippen LogP contribution in [0.3, 0.4) is 0 Å². The molecule has 0 aliphatic heterocycles. The van der Waals surface area contributed by atoms with Gasteiger partial charge in [-0.25, -0.2) is 4.39 Å². The molecule has 0 aliphatic carbocycles. The zero-order chi connectivity index (χ0) is 11.4. The molecule has 0 spiro atoms. The fourth-order valence-electron chi connectivity index (χ4n) is 1.31. The van der Waals surface area contributed by atoms with E-state index in [1.54, 1.807) is 6.07 Å². The van der Waals surface area contributed by atoms with Crippen LogP contribution in [0.4, 0.5) is 4.39 Å². The molecule has 0 saturated heterocycles. The summed E-state index contributed by atoms with van der Waals surface area (Å²) in [5, 5.41) is 8.78. The number of aliphatic hydroxyl groups is 1. The zero-order valence-electron chi connectivity index (χ0n) is 8.34. The van der Waals surface area contributed by atoms with Gasteiger partial charge < -0.3 is 15.6 Å². The molecule has 0 saturated carbocycles. The molecule has 0 heterocycles. The van der Waals surface area contributed by atoms with Crippen molar-refractivity contribution in [1.82, 2.24) is 0 Å². The summed E-state index contributed by atoms with van der Waals surface area (Å²) < 4.78 is 18.5. The first-order valence-electron chi connectivity index (χ1n) is 4.49. The largest absolute Gasteiger partial charge is 0.496 e. The van der Waals surface area contributed by atoms with Crippen molar-refractivity contribution in [3.63, 3.8) is 0 Å². The molecule has 0 bridgehead atoms. The summed E-state index contributed by atoms with van der Waals surface area (Å²) >= 11 is 3.08. The third kappa shape index (κ3) is 2.90. The lowest BCUT2D eigenvalue weighted by Gasteiger charge is -2.15. The Labute approximate surface area is 96.2 Å². The predicted molar refractivity (Wildman–Crippen MR) is 59.3 cm³/mol. The van der Waals surface area contributed by atoms with Crippen LogP contribution in [-0.4, -0.2) is 18.8 Å². The minimum atomic E-state index is -0.396. The summed E-state index contributed by atoms with van der Waals surface area (Å²) in [6, 6.07) is 2.49. The lowest BCUT2D eigenvalue weighted by molar-refractivity contribution is 0.275. The Kier molecular flexibility index (Phi) is 4.50. The maximum absolute atomic E-state index is 13.2. The van der Waals surface area contributed by atoms with Crippen molar-refractivity contribution in [3.8, 4) is 5.75 Å². The summed E-state index contributed by atoms with van der Waals surface area (Å²) in [4.78, 5) is 0. The topological polar surface area (TPSA) is 55.5 Å². The van der Waals surface area contributed by atoms with E-state index in [-0.39, 0.29) is 12.6 Å². The van der Waals surface area contributed by atoms with E-state index in [0.29, 0.717) is 22.2 Å². The highest BCUT2D eigenvalue weighted by Crippen LogP contribution is 2.30. The Morgan fingerprint density at radius 2 is 2.27 bits per heavy atom. The van der Waals surface area contributed by atoms with Gasteiger partial charge in [0.15, 0.2) is 0 Å². The first-order valence-corrected chi connectivity index (χ1v) is 5.28. The summed E-state index contributed by atoms with van der Waals surface area (Å²) in [5.41, 5.74) is 6.50. The number of nitrogens with two attached hydrogens (primary N) is 1. The van der Waals surface area contributed by atoms with Crippen LogP contribution in [0.5, 0.6) is 5.75 Å². The van der Waals surface area contributed by atoms with E-state index in [1.807, 2.05) is 0 Å². The summed E-state index contributed by atoms with van der Waals surface area (Å²) in [6.45, 7) is -0.0146. The lowest BCUT2D eigenvalue weighted by atomic mass is 10.0. The van der Waals surface area contributed by atoms with E-state index in [0.717, 1.165) is 0 Å². The van der Waals surface area contributed by atoms with Crippen molar-refractivity contribution >= 4 is 15.9 Å². The van der Waals surface area contributed by atoms with Crippen LogP contribution in [0.25, 0.3) is 0 Å². The van der Waals surface area contributed by atoms with Crippen molar-refractivity contribution in [3.05, 3.63) is 28.0 Å². The minimum Gasteiger partial charge on any atom is -0.496 e. The minimum absolute atomic E-state index is 0.0146. The maximum atomic E-state index is 13.2. The fraction of sp³-hybridized carbons (Fsp3) is 0.400. The summed E-state index contributed by atoms with van der Waals surface area (Å²) in [5.74, 6) is 0.00319. The van der Waals surface area contributed by atoms with Crippen LogP contribution in [-0.2, 0) is 0 Å². The van der Waals surface area contributed by atoms with Gasteiger partial charge in [0, 0.05) is 24.3 Å². The molecule has 0 fully saturated rings. The maximum Gasteiger partial charge on any atom is 0.141 e. The Balaban J connectivity index is 3.09. The molecule has 84 valence electrons. The third-order valence-corrected chi connectivity index (χ3v) is 2.72. The van der Waals surface area contributed by atoms with Crippen LogP contribution in [0, 0.1) is 5.82 Å². The molecule has 1 rings (SSSR count). The molecule has 15 heavy (non-hydrogen) atoms. The molecule has 5 heteroatoms. The highest BCUT2D eigenvalue weighted by Gasteiger charge is 2.14. The quantitative estimate of drug-likeness (QED) is 0.885. The van der Waals surface area contributed by atoms with Crippen LogP contribution in [0.1, 0.15) is 18.0 Å². The van der Waals surface area contributed by atoms with E-state index in [9.17, 15) is 4.39 Å². The van der Waals surface area contributed by atoms with Gasteiger partial charge in [0.05, 0.1) is 11.6 Å². The Morgan fingerprint density at radius 1 is 1.60 bits per heavy atom. The highest BCUT2D eigenvalue weighted by molar-refractivity contribution is 9.10. The lowest BCUT2D eigenvalue weighted by Crippen LogP contribution is -2.13. The van der Waals surface area contributed by atoms with Gasteiger partial charge in [0.25, 0.3) is 0 Å². The average Bonchev–Trinajstić information content (AvgIpc) is 2.21. The van der Waals surface area contributed by atoms with Crippen molar-refractivity contribution in [2.75, 3.05) is 13.7 Å². The molecule has 1 aromatic carbocycles. The molecule has 1 unspecified atom stereocenters. The second kappa shape index (κ2) is 5.44. The number of rotatable bonds is 4. The number of hydrogen-bond donors (Lipinski definition) is 2. The number of methoxy groups -OCH3 is 1. The van der Waals surface area contributed by atoms with Gasteiger partial charge in [-0.1, -0.05) is 0 Å². The third-order valence-electron chi connectivity index (χ3n) is 2.11. The van der Waals surface area contributed by atoms with Gasteiger partial charge in [0.1, 0.15) is 11.6 Å². The van der Waals surface area contributed by atoms with E-state index >= 15 is 0 Å². The van der Waals surface area contributed by atoms with Gasteiger partial charge in [0.2, 0.25) is 0 Å². The van der Waals surface area contributed by atoms with Gasteiger partial charge in [-0.15, -0.1) is 0 Å². The number of benzene rings is 1. The van der Waals surface area contributed by atoms with E-state index < -0.39 is 5.82 Å². The molecule has 1 atom stereocenters. The molecule has 3 nitrogen and oxygen atoms in total. The van der Waals surface area contributed by atoms with Crippen molar-refractivity contribution < 1.29 is 14.2 Å². The second-order valence-electron chi connectivity index (χ2n) is 3.13. The summed E-state index contributed by atoms with van der Waals surface area (Å²) in [6.07, 6.45) is 0.411. The smallest absolute Gasteiger partial charge is 0.141 e. The van der Waals surface area contributed by atoms with Crippen molar-refractivity contribution in [2.24, 2.45) is 5.73 Å². The molecule has 0 aliphatic rings. The molecule has 0 radical (unpaired) electrons. The van der Waals surface area contributed by atoms with Gasteiger partial charge in [-0.2, -0.15) is 0 Å². The first-order chi connectivity index (χ1) is 7.10. The van der Waals surface area contributed by atoms with E-state index in [1.165, 1.54) is 13.2 Å². The summed E-state index contributed by atoms with van der Waals surface area (Å²) in [7, 11) is 1.46. The first kappa shape index (κ1) is 12.4. The van der Waals surface area contributed by atoms with E-state index in [4.69, 9.17) is 15.6 Å². The Bertz CT molecular complexity index is 346. The number of hydrogen-bond acceptors (Lipinski definition) is 3. The molecule has 0 amide bonds. The van der Waals surface area contributed by atoms with Crippen LogP contribution >= 0.6 is 15.9 Å². The Morgan fingerprint density at radius 3 is 2.80 bits per heavy atom. The standard InChI is InChI=1S/C10H13BrFNO2/c1-15-10-5-8(12)7(11)4-6(10)9(13)2-3-14/h4-5,9,14H,2-3,13H2,1H3. The number of halogens is 2. The van der Waals surface area contributed by atoms with Crippen LogP contribution in [0.15, 0.2) is 16.6 Å². The monoisotopic (exact) mass is 277 g/mol. The van der Waals surface area contributed by atoms with Gasteiger partial charge in [-0.3, -0.25) is 0 Å². The second-order valence-corrected chi connectivity index (χ2v) is 3.98. The van der Waals surface area contributed by atoms with E-state index in [2.05, 4.69) is 15.9 Å². The van der Waals surface area contributed by atoms with Crippen LogP contribution < -0.4 is 10.5 Å². The highest BCUT2D eigenvalue weighted by atomic mass is 79.9. The molecular weight excluding hydrogens is 265 g/mol. The van der Waals surface area contributed by atoms with Gasteiger partial charge >= 0.3 is 0 Å². The van der Waals surface area contributed by atoms with Crippen LogP contribution in [0.2, 0.25) is 0 Å². The van der Waals surface area contributed by atoms with Crippen molar-refractivity contribution in [1.29, 1.82) is 0 Å².